The molecular formula is C7H10ClN3. The smallest absolute Gasteiger partial charge is 0.115 e. The number of aromatic nitrogens is 2. The highest BCUT2D eigenvalue weighted by molar-refractivity contribution is 5.85. The van der Waals surface area contributed by atoms with Gasteiger partial charge in [0, 0.05) is 12.7 Å². The molecule has 0 unspecified atom stereocenters. The summed E-state index contributed by atoms with van der Waals surface area (Å²) in [6.07, 6.45) is 4.57. The molecule has 0 bridgehead atoms. The number of nitrogens with one attached hydrogen (secondary N) is 1. The fourth-order valence-electron chi connectivity index (χ4n) is 1.18. The van der Waals surface area contributed by atoms with Gasteiger partial charge in [-0.05, 0) is 18.5 Å². The average Bonchev–Trinajstić information content (AvgIpc) is 2.05. The maximum Gasteiger partial charge on any atom is 0.115 e. The lowest BCUT2D eigenvalue weighted by Crippen LogP contribution is -2.24. The van der Waals surface area contributed by atoms with Crippen LogP contribution in [0.4, 0.5) is 0 Å². The third-order valence-corrected chi connectivity index (χ3v) is 1.74. The van der Waals surface area contributed by atoms with E-state index in [4.69, 9.17) is 0 Å². The molecule has 0 radical (unpaired) electrons. The van der Waals surface area contributed by atoms with Crippen molar-refractivity contribution < 1.29 is 0 Å². The predicted octanol–water partition coefficient (Wildman–Crippen LogP) is 0.544. The van der Waals surface area contributed by atoms with Crippen molar-refractivity contribution in [3.63, 3.8) is 0 Å². The summed E-state index contributed by atoms with van der Waals surface area (Å²) in [6, 6.07) is 0. The highest BCUT2D eigenvalue weighted by Gasteiger charge is 2.07. The molecule has 1 aliphatic rings. The second kappa shape index (κ2) is 3.64. The first kappa shape index (κ1) is 8.43. The zero-order valence-corrected chi connectivity index (χ0v) is 6.90. The van der Waals surface area contributed by atoms with Gasteiger partial charge in [-0.15, -0.1) is 12.4 Å². The predicted molar refractivity (Wildman–Crippen MR) is 44.7 cm³/mol. The Morgan fingerprint density at radius 3 is 3.18 bits per heavy atom. The van der Waals surface area contributed by atoms with Crippen LogP contribution in [0.5, 0.6) is 0 Å². The summed E-state index contributed by atoms with van der Waals surface area (Å²) in [5.41, 5.74) is 2.45. The van der Waals surface area contributed by atoms with Crippen LogP contribution in [0.15, 0.2) is 12.5 Å². The molecule has 0 spiro atoms. The molecule has 1 N–H and O–H groups in total. The van der Waals surface area contributed by atoms with Gasteiger partial charge in [-0.1, -0.05) is 0 Å². The maximum atomic E-state index is 4.15. The Morgan fingerprint density at radius 1 is 1.45 bits per heavy atom. The molecule has 0 fully saturated rings. The van der Waals surface area contributed by atoms with Gasteiger partial charge in [-0.25, -0.2) is 9.97 Å². The SMILES string of the molecule is Cl.c1ncc2c(n1)CNCC2. The van der Waals surface area contributed by atoms with E-state index in [0.717, 1.165) is 25.2 Å². The molecule has 0 saturated carbocycles. The lowest BCUT2D eigenvalue weighted by atomic mass is 10.1. The Bertz CT molecular complexity index is 214. The summed E-state index contributed by atoms with van der Waals surface area (Å²) in [5, 5.41) is 3.25. The van der Waals surface area contributed by atoms with Crippen LogP contribution in [-0.4, -0.2) is 16.5 Å². The van der Waals surface area contributed by atoms with Crippen LogP contribution in [-0.2, 0) is 13.0 Å². The monoisotopic (exact) mass is 171 g/mol. The Balaban J connectivity index is 0.000000605. The first-order chi connectivity index (χ1) is 4.97. The number of hydrogen-bond donors (Lipinski definition) is 1. The zero-order chi connectivity index (χ0) is 6.81. The van der Waals surface area contributed by atoms with Gasteiger partial charge in [0.15, 0.2) is 0 Å². The summed E-state index contributed by atoms with van der Waals surface area (Å²) in [6.45, 7) is 1.96. The van der Waals surface area contributed by atoms with Crippen LogP contribution in [0, 0.1) is 0 Å². The van der Waals surface area contributed by atoms with Gasteiger partial charge >= 0.3 is 0 Å². The molecule has 1 aromatic heterocycles. The van der Waals surface area contributed by atoms with Crippen LogP contribution < -0.4 is 5.32 Å². The number of nitrogens with zero attached hydrogens (tertiary/aromatic N) is 2. The molecule has 0 saturated heterocycles. The van der Waals surface area contributed by atoms with Crippen molar-refractivity contribution in [2.75, 3.05) is 6.54 Å². The molecule has 2 rings (SSSR count). The van der Waals surface area contributed by atoms with Crippen molar-refractivity contribution in [1.82, 2.24) is 15.3 Å². The minimum absolute atomic E-state index is 0. The molecule has 4 heteroatoms. The van der Waals surface area contributed by atoms with Crippen molar-refractivity contribution in [3.05, 3.63) is 23.8 Å². The molecule has 1 aromatic rings. The standard InChI is InChI=1S/C7H9N3.ClH/c1-2-8-4-7-6(1)3-9-5-10-7;/h3,5,8H,1-2,4H2;1H. The molecule has 0 aliphatic carbocycles. The molecule has 1 aliphatic heterocycles. The topological polar surface area (TPSA) is 37.8 Å². The van der Waals surface area contributed by atoms with Crippen LogP contribution in [0.1, 0.15) is 11.3 Å². The zero-order valence-electron chi connectivity index (χ0n) is 6.08. The first-order valence-corrected chi connectivity index (χ1v) is 3.45. The quantitative estimate of drug-likeness (QED) is 0.620. The second-order valence-corrected chi connectivity index (χ2v) is 2.42. The van der Waals surface area contributed by atoms with Gasteiger partial charge in [0.2, 0.25) is 0 Å². The van der Waals surface area contributed by atoms with E-state index in [0.29, 0.717) is 0 Å². The lowest BCUT2D eigenvalue weighted by Gasteiger charge is -2.13. The average molecular weight is 172 g/mol. The normalized spacial score (nSPS) is 14.9. The van der Waals surface area contributed by atoms with Crippen molar-refractivity contribution in [1.29, 1.82) is 0 Å². The summed E-state index contributed by atoms with van der Waals surface area (Å²) >= 11 is 0. The van der Waals surface area contributed by atoms with Crippen molar-refractivity contribution in [3.8, 4) is 0 Å². The van der Waals surface area contributed by atoms with Gasteiger partial charge in [-0.3, -0.25) is 0 Å². The van der Waals surface area contributed by atoms with Crippen molar-refractivity contribution in [2.24, 2.45) is 0 Å². The summed E-state index contributed by atoms with van der Waals surface area (Å²) < 4.78 is 0. The van der Waals surface area contributed by atoms with E-state index >= 15 is 0 Å². The summed E-state index contributed by atoms with van der Waals surface area (Å²) in [5.74, 6) is 0. The Hall–Kier alpha value is -0.670. The molecule has 0 amide bonds. The number of fused-ring (bicyclic) bond motifs is 1. The van der Waals surface area contributed by atoms with Crippen LogP contribution in [0.25, 0.3) is 0 Å². The fourth-order valence-corrected chi connectivity index (χ4v) is 1.18. The summed E-state index contributed by atoms with van der Waals surface area (Å²) in [7, 11) is 0. The fraction of sp³-hybridized carbons (Fsp3) is 0.429. The molecule has 0 atom stereocenters. The van der Waals surface area contributed by atoms with Crippen molar-refractivity contribution >= 4 is 12.4 Å². The van der Waals surface area contributed by atoms with Gasteiger partial charge in [0.1, 0.15) is 6.33 Å². The lowest BCUT2D eigenvalue weighted by molar-refractivity contribution is 0.623. The van der Waals surface area contributed by atoms with Crippen LogP contribution in [0.3, 0.4) is 0 Å². The largest absolute Gasteiger partial charge is 0.311 e. The van der Waals surface area contributed by atoms with Gasteiger partial charge in [-0.2, -0.15) is 0 Å². The van der Waals surface area contributed by atoms with Gasteiger partial charge in [0.25, 0.3) is 0 Å². The maximum absolute atomic E-state index is 4.15. The molecule has 0 aromatic carbocycles. The molecule has 11 heavy (non-hydrogen) atoms. The second-order valence-electron chi connectivity index (χ2n) is 2.42. The molecule has 3 nitrogen and oxygen atoms in total. The third kappa shape index (κ3) is 1.67. The molecular weight excluding hydrogens is 162 g/mol. The van der Waals surface area contributed by atoms with E-state index in [1.54, 1.807) is 6.33 Å². The van der Waals surface area contributed by atoms with Gasteiger partial charge in [0.05, 0.1) is 5.69 Å². The molecule has 60 valence electrons. The van der Waals surface area contributed by atoms with E-state index in [-0.39, 0.29) is 12.4 Å². The number of halogens is 1. The van der Waals surface area contributed by atoms with E-state index in [9.17, 15) is 0 Å². The Kier molecular flexibility index (Phi) is 2.79. The van der Waals surface area contributed by atoms with E-state index < -0.39 is 0 Å². The van der Waals surface area contributed by atoms with Crippen LogP contribution >= 0.6 is 12.4 Å². The Morgan fingerprint density at radius 2 is 2.36 bits per heavy atom. The van der Waals surface area contributed by atoms with E-state index in [1.165, 1.54) is 5.56 Å². The first-order valence-electron chi connectivity index (χ1n) is 3.45. The minimum atomic E-state index is 0. The summed E-state index contributed by atoms with van der Waals surface area (Å²) in [4.78, 5) is 8.10. The highest BCUT2D eigenvalue weighted by Crippen LogP contribution is 2.07. The third-order valence-electron chi connectivity index (χ3n) is 1.74. The van der Waals surface area contributed by atoms with Crippen LogP contribution in [0.2, 0.25) is 0 Å². The number of hydrogen-bond acceptors (Lipinski definition) is 3. The van der Waals surface area contributed by atoms with E-state index in [2.05, 4.69) is 15.3 Å². The minimum Gasteiger partial charge on any atom is -0.311 e. The highest BCUT2D eigenvalue weighted by atomic mass is 35.5. The van der Waals surface area contributed by atoms with Crippen molar-refractivity contribution in [2.45, 2.75) is 13.0 Å². The van der Waals surface area contributed by atoms with E-state index in [1.807, 2.05) is 6.20 Å². The Labute approximate surface area is 71.7 Å². The number of rotatable bonds is 0. The van der Waals surface area contributed by atoms with Gasteiger partial charge < -0.3 is 5.32 Å². The molecule has 2 heterocycles.